The Kier molecular flexibility index (Phi) is 5.90. The lowest BCUT2D eigenvalue weighted by Crippen LogP contribution is -2.47. The zero-order valence-electron chi connectivity index (χ0n) is 13.2. The van der Waals surface area contributed by atoms with Crippen LogP contribution in [0, 0.1) is 5.41 Å². The SMILES string of the molecule is CN(CCC(F)(F)F)CC1(CNC(C)(C)C)CCCC1. The van der Waals surface area contributed by atoms with E-state index in [0.717, 1.165) is 25.9 Å². The lowest BCUT2D eigenvalue weighted by molar-refractivity contribution is -0.138. The topological polar surface area (TPSA) is 15.3 Å². The summed E-state index contributed by atoms with van der Waals surface area (Å²) in [6.07, 6.45) is -0.149. The summed E-state index contributed by atoms with van der Waals surface area (Å²) < 4.78 is 36.9. The highest BCUT2D eigenvalue weighted by Crippen LogP contribution is 2.38. The van der Waals surface area contributed by atoms with E-state index >= 15 is 0 Å². The molecule has 0 radical (unpaired) electrons. The third-order valence-corrected chi connectivity index (χ3v) is 4.04. The molecule has 0 aliphatic heterocycles. The molecular weight excluding hydrogens is 265 g/mol. The van der Waals surface area contributed by atoms with Crippen molar-refractivity contribution in [2.75, 3.05) is 26.7 Å². The fourth-order valence-electron chi connectivity index (χ4n) is 2.94. The van der Waals surface area contributed by atoms with Crippen LogP contribution < -0.4 is 5.32 Å². The van der Waals surface area contributed by atoms with Crippen molar-refractivity contribution in [1.29, 1.82) is 0 Å². The molecule has 1 N–H and O–H groups in total. The average molecular weight is 294 g/mol. The van der Waals surface area contributed by atoms with Crippen LogP contribution in [0.5, 0.6) is 0 Å². The van der Waals surface area contributed by atoms with Crippen molar-refractivity contribution in [2.45, 2.75) is 64.6 Å². The predicted molar refractivity (Wildman–Crippen MR) is 76.8 cm³/mol. The van der Waals surface area contributed by atoms with E-state index < -0.39 is 12.6 Å². The van der Waals surface area contributed by atoms with Gasteiger partial charge in [0.05, 0.1) is 6.42 Å². The van der Waals surface area contributed by atoms with E-state index in [9.17, 15) is 13.2 Å². The Bertz CT molecular complexity index is 288. The van der Waals surface area contributed by atoms with Gasteiger partial charge in [-0.05, 0) is 46.1 Å². The Morgan fingerprint density at radius 1 is 1.10 bits per heavy atom. The fourth-order valence-corrected chi connectivity index (χ4v) is 2.94. The highest BCUT2D eigenvalue weighted by atomic mass is 19.4. The standard InChI is InChI=1S/C15H29F3N2/c1-13(2,3)19-11-14(7-5-6-8-14)12-20(4)10-9-15(16,17)18/h19H,5-12H2,1-4H3. The summed E-state index contributed by atoms with van der Waals surface area (Å²) >= 11 is 0. The lowest BCUT2D eigenvalue weighted by Gasteiger charge is -2.36. The summed E-state index contributed by atoms with van der Waals surface area (Å²) in [5.74, 6) is 0. The Labute approximate surface area is 121 Å². The van der Waals surface area contributed by atoms with E-state index in [0.29, 0.717) is 0 Å². The van der Waals surface area contributed by atoms with E-state index in [-0.39, 0.29) is 17.5 Å². The monoisotopic (exact) mass is 294 g/mol. The Morgan fingerprint density at radius 3 is 2.10 bits per heavy atom. The van der Waals surface area contributed by atoms with Gasteiger partial charge in [0.25, 0.3) is 0 Å². The Hall–Kier alpha value is -0.290. The van der Waals surface area contributed by atoms with Gasteiger partial charge in [-0.2, -0.15) is 13.2 Å². The van der Waals surface area contributed by atoms with Crippen LogP contribution in [0.1, 0.15) is 52.9 Å². The number of hydrogen-bond donors (Lipinski definition) is 1. The first-order valence-electron chi connectivity index (χ1n) is 7.52. The summed E-state index contributed by atoms with van der Waals surface area (Å²) in [6, 6.07) is 0. The van der Waals surface area contributed by atoms with E-state index in [4.69, 9.17) is 0 Å². The second kappa shape index (κ2) is 6.65. The molecule has 0 aromatic rings. The van der Waals surface area contributed by atoms with Crippen LogP contribution in [-0.2, 0) is 0 Å². The molecule has 1 fully saturated rings. The largest absolute Gasteiger partial charge is 0.390 e. The Balaban J connectivity index is 2.49. The molecule has 0 saturated heterocycles. The maximum Gasteiger partial charge on any atom is 0.390 e. The molecule has 0 amide bonds. The number of nitrogens with one attached hydrogen (secondary N) is 1. The molecule has 0 aromatic heterocycles. The summed E-state index contributed by atoms with van der Waals surface area (Å²) in [7, 11) is 1.81. The van der Waals surface area contributed by atoms with Crippen LogP contribution in [0.3, 0.4) is 0 Å². The van der Waals surface area contributed by atoms with Gasteiger partial charge in [0, 0.05) is 25.2 Å². The van der Waals surface area contributed by atoms with Crippen molar-refractivity contribution < 1.29 is 13.2 Å². The number of hydrogen-bond acceptors (Lipinski definition) is 2. The van der Waals surface area contributed by atoms with Gasteiger partial charge in [0.2, 0.25) is 0 Å². The van der Waals surface area contributed by atoms with Crippen LogP contribution in [0.2, 0.25) is 0 Å². The zero-order valence-corrected chi connectivity index (χ0v) is 13.2. The highest BCUT2D eigenvalue weighted by molar-refractivity contribution is 4.91. The molecule has 120 valence electrons. The van der Waals surface area contributed by atoms with Crippen molar-refractivity contribution in [3.63, 3.8) is 0 Å². The first kappa shape index (κ1) is 17.8. The van der Waals surface area contributed by atoms with Crippen LogP contribution >= 0.6 is 0 Å². The average Bonchev–Trinajstić information content (AvgIpc) is 2.71. The van der Waals surface area contributed by atoms with Crippen molar-refractivity contribution in [3.05, 3.63) is 0 Å². The third-order valence-electron chi connectivity index (χ3n) is 4.04. The van der Waals surface area contributed by atoms with Crippen molar-refractivity contribution in [2.24, 2.45) is 5.41 Å². The molecular formula is C15H29F3N2. The molecule has 0 atom stereocenters. The van der Waals surface area contributed by atoms with Gasteiger partial charge < -0.3 is 10.2 Å². The summed E-state index contributed by atoms with van der Waals surface area (Å²) in [6.45, 7) is 8.13. The fraction of sp³-hybridized carbons (Fsp3) is 1.00. The first-order valence-corrected chi connectivity index (χ1v) is 7.52. The molecule has 0 aromatic carbocycles. The minimum Gasteiger partial charge on any atom is -0.311 e. The van der Waals surface area contributed by atoms with Gasteiger partial charge in [-0.3, -0.25) is 0 Å². The minimum absolute atomic E-state index is 0.0557. The van der Waals surface area contributed by atoms with E-state index in [1.165, 1.54) is 12.8 Å². The van der Waals surface area contributed by atoms with Gasteiger partial charge in [-0.15, -0.1) is 0 Å². The van der Waals surface area contributed by atoms with Crippen molar-refractivity contribution in [3.8, 4) is 0 Å². The molecule has 1 saturated carbocycles. The number of rotatable bonds is 6. The molecule has 0 heterocycles. The molecule has 5 heteroatoms. The number of nitrogens with zero attached hydrogens (tertiary/aromatic N) is 1. The molecule has 0 spiro atoms. The normalized spacial score (nSPS) is 19.8. The van der Waals surface area contributed by atoms with E-state index in [1.54, 1.807) is 0 Å². The molecule has 0 unspecified atom stereocenters. The molecule has 1 aliphatic rings. The minimum atomic E-state index is -4.05. The van der Waals surface area contributed by atoms with E-state index in [2.05, 4.69) is 26.1 Å². The lowest BCUT2D eigenvalue weighted by atomic mass is 9.84. The van der Waals surface area contributed by atoms with Crippen molar-refractivity contribution in [1.82, 2.24) is 10.2 Å². The third kappa shape index (κ3) is 6.93. The highest BCUT2D eigenvalue weighted by Gasteiger charge is 2.36. The van der Waals surface area contributed by atoms with Crippen molar-refractivity contribution >= 4 is 0 Å². The maximum atomic E-state index is 12.3. The molecule has 2 nitrogen and oxygen atoms in total. The van der Waals surface area contributed by atoms with Gasteiger partial charge in [0.15, 0.2) is 0 Å². The van der Waals surface area contributed by atoms with Crippen LogP contribution in [0.25, 0.3) is 0 Å². The van der Waals surface area contributed by atoms with Gasteiger partial charge >= 0.3 is 6.18 Å². The maximum absolute atomic E-state index is 12.3. The summed E-state index contributed by atoms with van der Waals surface area (Å²) in [5, 5.41) is 3.53. The molecule has 0 bridgehead atoms. The summed E-state index contributed by atoms with van der Waals surface area (Å²) in [4.78, 5) is 1.85. The quantitative estimate of drug-likeness (QED) is 0.801. The van der Waals surface area contributed by atoms with Crippen LogP contribution in [0.4, 0.5) is 13.2 Å². The van der Waals surface area contributed by atoms with Gasteiger partial charge in [-0.1, -0.05) is 12.8 Å². The molecule has 20 heavy (non-hydrogen) atoms. The molecule has 1 aliphatic carbocycles. The summed E-state index contributed by atoms with van der Waals surface area (Å²) in [5.41, 5.74) is 0.202. The number of halogens is 3. The second-order valence-corrected chi connectivity index (χ2v) is 7.41. The first-order chi connectivity index (χ1) is 9.02. The number of alkyl halides is 3. The zero-order chi connectivity index (χ0) is 15.4. The second-order valence-electron chi connectivity index (χ2n) is 7.41. The van der Waals surface area contributed by atoms with Gasteiger partial charge in [-0.25, -0.2) is 0 Å². The van der Waals surface area contributed by atoms with E-state index in [1.807, 2.05) is 11.9 Å². The van der Waals surface area contributed by atoms with Crippen LogP contribution in [0.15, 0.2) is 0 Å². The molecule has 1 rings (SSSR count). The van der Waals surface area contributed by atoms with Gasteiger partial charge in [0.1, 0.15) is 0 Å². The predicted octanol–water partition coefficient (Wildman–Crippen LogP) is 3.82. The smallest absolute Gasteiger partial charge is 0.311 e. The Morgan fingerprint density at radius 2 is 1.65 bits per heavy atom. The van der Waals surface area contributed by atoms with Crippen LogP contribution in [-0.4, -0.2) is 43.3 Å².